The average Bonchev–Trinajstić information content (AvgIpc) is 2.49. The van der Waals surface area contributed by atoms with Gasteiger partial charge >= 0.3 is 0 Å². The van der Waals surface area contributed by atoms with Crippen molar-refractivity contribution in [3.63, 3.8) is 0 Å². The van der Waals surface area contributed by atoms with Gasteiger partial charge < -0.3 is 4.90 Å². The van der Waals surface area contributed by atoms with Crippen molar-refractivity contribution in [3.8, 4) is 0 Å². The van der Waals surface area contributed by atoms with E-state index in [0.29, 0.717) is 17.1 Å². The highest BCUT2D eigenvalue weighted by Gasteiger charge is 2.46. The van der Waals surface area contributed by atoms with E-state index in [-0.39, 0.29) is 0 Å². The number of thioether (sulfide) groups is 1. The van der Waals surface area contributed by atoms with Gasteiger partial charge in [-0.3, -0.25) is 4.79 Å². The van der Waals surface area contributed by atoms with Crippen LogP contribution in [0.15, 0.2) is 0 Å². The van der Waals surface area contributed by atoms with E-state index in [1.54, 1.807) is 11.8 Å². The van der Waals surface area contributed by atoms with Crippen molar-refractivity contribution in [1.82, 2.24) is 4.90 Å². The fourth-order valence-electron chi connectivity index (χ4n) is 2.60. The first-order valence-corrected chi connectivity index (χ1v) is 6.42. The van der Waals surface area contributed by atoms with Crippen molar-refractivity contribution < 1.29 is 4.79 Å². The summed E-state index contributed by atoms with van der Waals surface area (Å²) in [7, 11) is 0. The van der Waals surface area contributed by atoms with E-state index >= 15 is 0 Å². The summed E-state index contributed by atoms with van der Waals surface area (Å²) in [6, 6.07) is 0. The van der Waals surface area contributed by atoms with Gasteiger partial charge in [0, 0.05) is 18.5 Å². The Morgan fingerprint density at radius 1 is 1.38 bits per heavy atom. The van der Waals surface area contributed by atoms with Gasteiger partial charge in [-0.25, -0.2) is 0 Å². The smallest absolute Gasteiger partial charge is 0.232 e. The number of carbonyl (C=O) groups is 1. The molecule has 1 amide bonds. The zero-order valence-electron chi connectivity index (χ0n) is 8.21. The molecule has 1 saturated heterocycles. The van der Waals surface area contributed by atoms with Crippen LogP contribution in [0.2, 0.25) is 0 Å². The van der Waals surface area contributed by atoms with Gasteiger partial charge in [-0.05, 0) is 19.1 Å². The van der Waals surface area contributed by atoms with Crippen LogP contribution < -0.4 is 0 Å². The minimum Gasteiger partial charge on any atom is -0.341 e. The Kier molecular flexibility index (Phi) is 2.54. The number of likely N-dealkylation sites (tertiary alicyclic amines) is 1. The molecule has 1 saturated carbocycles. The Balaban J connectivity index is 1.80. The molecule has 2 aliphatic rings. The predicted molar refractivity (Wildman–Crippen MR) is 55.9 cm³/mol. The lowest BCUT2D eigenvalue weighted by molar-refractivity contribution is -0.140. The summed E-state index contributed by atoms with van der Waals surface area (Å²) in [5, 5.41) is 0. The maximum absolute atomic E-state index is 11.5. The van der Waals surface area contributed by atoms with E-state index in [1.807, 2.05) is 11.2 Å². The first kappa shape index (κ1) is 9.38. The SMILES string of the molecule is CSCC(=O)N1CC2(CCCC2)C1. The molecule has 1 aliphatic carbocycles. The third kappa shape index (κ3) is 1.71. The van der Waals surface area contributed by atoms with Gasteiger partial charge in [0.2, 0.25) is 5.91 Å². The monoisotopic (exact) mass is 199 g/mol. The molecular weight excluding hydrogens is 182 g/mol. The van der Waals surface area contributed by atoms with E-state index in [9.17, 15) is 4.79 Å². The summed E-state index contributed by atoms with van der Waals surface area (Å²) in [4.78, 5) is 13.5. The van der Waals surface area contributed by atoms with Crippen LogP contribution in [0.5, 0.6) is 0 Å². The average molecular weight is 199 g/mol. The normalized spacial score (nSPS) is 24.8. The van der Waals surface area contributed by atoms with E-state index < -0.39 is 0 Å². The molecule has 1 heterocycles. The molecule has 13 heavy (non-hydrogen) atoms. The molecule has 0 N–H and O–H groups in total. The van der Waals surface area contributed by atoms with Crippen molar-refractivity contribution in [2.75, 3.05) is 25.1 Å². The molecule has 2 fully saturated rings. The van der Waals surface area contributed by atoms with Crippen LogP contribution in [-0.2, 0) is 4.79 Å². The molecule has 1 aliphatic heterocycles. The van der Waals surface area contributed by atoms with E-state index in [4.69, 9.17) is 0 Å². The molecule has 0 bridgehead atoms. The van der Waals surface area contributed by atoms with Crippen molar-refractivity contribution in [2.45, 2.75) is 25.7 Å². The number of carbonyl (C=O) groups excluding carboxylic acids is 1. The van der Waals surface area contributed by atoms with Crippen molar-refractivity contribution >= 4 is 17.7 Å². The van der Waals surface area contributed by atoms with Crippen LogP contribution in [0, 0.1) is 5.41 Å². The topological polar surface area (TPSA) is 20.3 Å². The highest BCUT2D eigenvalue weighted by atomic mass is 32.2. The summed E-state index contributed by atoms with van der Waals surface area (Å²) in [6.45, 7) is 2.10. The molecule has 74 valence electrons. The molecule has 2 rings (SSSR count). The van der Waals surface area contributed by atoms with Crippen molar-refractivity contribution in [2.24, 2.45) is 5.41 Å². The van der Waals surface area contributed by atoms with Crippen LogP contribution in [0.3, 0.4) is 0 Å². The molecule has 0 aromatic carbocycles. The van der Waals surface area contributed by atoms with Gasteiger partial charge in [-0.1, -0.05) is 12.8 Å². The maximum atomic E-state index is 11.5. The highest BCUT2D eigenvalue weighted by Crippen LogP contribution is 2.45. The fraction of sp³-hybridized carbons (Fsp3) is 0.900. The lowest BCUT2D eigenvalue weighted by Crippen LogP contribution is -2.57. The summed E-state index contributed by atoms with van der Waals surface area (Å²) < 4.78 is 0. The van der Waals surface area contributed by atoms with E-state index in [0.717, 1.165) is 13.1 Å². The lowest BCUT2D eigenvalue weighted by atomic mass is 9.78. The molecule has 0 aromatic rings. The lowest BCUT2D eigenvalue weighted by Gasteiger charge is -2.48. The molecule has 3 heteroatoms. The van der Waals surface area contributed by atoms with Crippen LogP contribution >= 0.6 is 11.8 Å². The Hall–Kier alpha value is -0.180. The Morgan fingerprint density at radius 3 is 2.54 bits per heavy atom. The second-order valence-corrected chi connectivity index (χ2v) is 5.26. The molecular formula is C10H17NOS. The summed E-state index contributed by atoms with van der Waals surface area (Å²) in [5.74, 6) is 1.00. The zero-order chi connectivity index (χ0) is 9.31. The van der Waals surface area contributed by atoms with Crippen molar-refractivity contribution in [1.29, 1.82) is 0 Å². The van der Waals surface area contributed by atoms with Crippen molar-refractivity contribution in [3.05, 3.63) is 0 Å². The molecule has 0 aromatic heterocycles. The van der Waals surface area contributed by atoms with Gasteiger partial charge in [0.25, 0.3) is 0 Å². The summed E-state index contributed by atoms with van der Waals surface area (Å²) >= 11 is 1.63. The van der Waals surface area contributed by atoms with Crippen LogP contribution in [0.1, 0.15) is 25.7 Å². The Morgan fingerprint density at radius 2 is 2.00 bits per heavy atom. The van der Waals surface area contributed by atoms with Crippen LogP contribution in [0.4, 0.5) is 0 Å². The van der Waals surface area contributed by atoms with Gasteiger partial charge in [0.1, 0.15) is 0 Å². The third-order valence-electron chi connectivity index (χ3n) is 3.34. The van der Waals surface area contributed by atoms with Gasteiger partial charge in [-0.2, -0.15) is 11.8 Å². The zero-order valence-corrected chi connectivity index (χ0v) is 9.03. The number of nitrogens with zero attached hydrogens (tertiary/aromatic N) is 1. The van der Waals surface area contributed by atoms with Gasteiger partial charge in [0.15, 0.2) is 0 Å². The van der Waals surface area contributed by atoms with Gasteiger partial charge in [-0.15, -0.1) is 0 Å². The number of amides is 1. The maximum Gasteiger partial charge on any atom is 0.232 e. The molecule has 1 spiro atoms. The Bertz CT molecular complexity index is 203. The van der Waals surface area contributed by atoms with E-state index in [1.165, 1.54) is 25.7 Å². The number of rotatable bonds is 2. The predicted octanol–water partition coefficient (Wildman–Crippen LogP) is 1.75. The first-order chi connectivity index (χ1) is 6.26. The molecule has 0 atom stereocenters. The standard InChI is InChI=1S/C10H17NOS/c1-13-6-9(12)11-7-10(8-11)4-2-3-5-10/h2-8H2,1H3. The number of hydrogen-bond donors (Lipinski definition) is 0. The third-order valence-corrected chi connectivity index (χ3v) is 3.87. The van der Waals surface area contributed by atoms with Crippen LogP contribution in [-0.4, -0.2) is 35.9 Å². The number of hydrogen-bond acceptors (Lipinski definition) is 2. The molecule has 2 nitrogen and oxygen atoms in total. The second-order valence-electron chi connectivity index (χ2n) is 4.39. The highest BCUT2D eigenvalue weighted by molar-refractivity contribution is 7.99. The van der Waals surface area contributed by atoms with Gasteiger partial charge in [0.05, 0.1) is 5.75 Å². The fourth-order valence-corrected chi connectivity index (χ4v) is 3.03. The summed E-state index contributed by atoms with van der Waals surface area (Å²) in [5.41, 5.74) is 0.564. The first-order valence-electron chi connectivity index (χ1n) is 5.02. The molecule has 0 unspecified atom stereocenters. The second kappa shape index (κ2) is 3.52. The minimum atomic E-state index is 0.338. The largest absolute Gasteiger partial charge is 0.341 e. The Labute approximate surface area is 84.1 Å². The quantitative estimate of drug-likeness (QED) is 0.675. The minimum absolute atomic E-state index is 0.338. The van der Waals surface area contributed by atoms with E-state index in [2.05, 4.69) is 0 Å². The van der Waals surface area contributed by atoms with Crippen LogP contribution in [0.25, 0.3) is 0 Å². The molecule has 0 radical (unpaired) electrons. The summed E-state index contributed by atoms with van der Waals surface area (Å²) in [6.07, 6.45) is 7.46.